The summed E-state index contributed by atoms with van der Waals surface area (Å²) in [5, 5.41) is 0.674. The molecule has 1 aliphatic carbocycles. The third-order valence-corrected chi connectivity index (χ3v) is 6.53. The Morgan fingerprint density at radius 2 is 1.85 bits per heavy atom. The van der Waals surface area contributed by atoms with E-state index in [1.54, 1.807) is 13.0 Å². The molecule has 6 heteroatoms. The molecular weight excluding hydrogens is 317 g/mol. The smallest absolute Gasteiger partial charge is 0.208 e. The third-order valence-electron chi connectivity index (χ3n) is 3.99. The van der Waals surface area contributed by atoms with Crippen molar-refractivity contribution in [1.29, 1.82) is 0 Å². The van der Waals surface area contributed by atoms with Crippen LogP contribution < -0.4 is 4.72 Å². The highest BCUT2D eigenvalue weighted by Gasteiger charge is 2.28. The quantitative estimate of drug-likeness (QED) is 0.901. The summed E-state index contributed by atoms with van der Waals surface area (Å²) in [6.45, 7) is 3.80. The Morgan fingerprint density at radius 1 is 1.20 bits per heavy atom. The van der Waals surface area contributed by atoms with Crippen molar-refractivity contribution in [3.05, 3.63) is 27.7 Å². The number of rotatable bonds is 3. The second-order valence-corrected chi connectivity index (χ2v) is 7.94. The molecule has 0 aliphatic heterocycles. The molecule has 1 fully saturated rings. The van der Waals surface area contributed by atoms with Crippen LogP contribution in [0.1, 0.15) is 38.2 Å². The maximum Gasteiger partial charge on any atom is 0.242 e. The zero-order chi connectivity index (χ0) is 14.9. The topological polar surface area (TPSA) is 46.2 Å². The highest BCUT2D eigenvalue weighted by Crippen LogP contribution is 2.31. The monoisotopic (exact) mass is 335 g/mol. The highest BCUT2D eigenvalue weighted by molar-refractivity contribution is 7.89. The molecule has 0 radical (unpaired) electrons. The Kier molecular flexibility index (Phi) is 5.00. The maximum absolute atomic E-state index is 12.5. The third kappa shape index (κ3) is 3.30. The van der Waals surface area contributed by atoms with Crippen LogP contribution in [-0.2, 0) is 10.0 Å². The summed E-state index contributed by atoms with van der Waals surface area (Å²) in [7, 11) is -3.60. The van der Waals surface area contributed by atoms with Crippen molar-refractivity contribution in [3.8, 4) is 0 Å². The predicted octanol–water partition coefficient (Wildman–Crippen LogP) is 4.16. The van der Waals surface area contributed by atoms with E-state index in [0.717, 1.165) is 19.3 Å². The van der Waals surface area contributed by atoms with E-state index in [1.807, 2.05) is 0 Å². The average molecular weight is 336 g/mol. The first-order valence-electron chi connectivity index (χ1n) is 6.80. The summed E-state index contributed by atoms with van der Waals surface area (Å²) in [5.41, 5.74) is 0.591. The van der Waals surface area contributed by atoms with Gasteiger partial charge in [0.15, 0.2) is 0 Å². The van der Waals surface area contributed by atoms with Crippen LogP contribution in [0.3, 0.4) is 0 Å². The molecule has 0 spiro atoms. The van der Waals surface area contributed by atoms with Gasteiger partial charge in [0.05, 0.1) is 5.02 Å². The standard InChI is InChI=1S/C14H19Cl2NO2S/c1-9-5-3-4-6-12(9)17-20(18,19)13-8-7-11(15)10(2)14(13)16/h7-9,12,17H,3-6H2,1-2H3/t9-,12-/m1/s1. The molecule has 0 heterocycles. The van der Waals surface area contributed by atoms with Crippen molar-refractivity contribution in [1.82, 2.24) is 4.72 Å². The van der Waals surface area contributed by atoms with Crippen LogP contribution in [0.4, 0.5) is 0 Å². The summed E-state index contributed by atoms with van der Waals surface area (Å²) in [6.07, 6.45) is 4.16. The summed E-state index contributed by atoms with van der Waals surface area (Å²) in [4.78, 5) is 0.110. The molecule has 0 bridgehead atoms. The highest BCUT2D eigenvalue weighted by atomic mass is 35.5. The van der Waals surface area contributed by atoms with E-state index in [0.29, 0.717) is 16.5 Å². The van der Waals surface area contributed by atoms with E-state index in [9.17, 15) is 8.42 Å². The fourth-order valence-electron chi connectivity index (χ4n) is 2.60. The predicted molar refractivity (Wildman–Crippen MR) is 82.9 cm³/mol. The zero-order valence-corrected chi connectivity index (χ0v) is 13.9. The molecule has 2 atom stereocenters. The molecule has 112 valence electrons. The van der Waals surface area contributed by atoms with Gasteiger partial charge in [-0.05, 0) is 43.4 Å². The lowest BCUT2D eigenvalue weighted by atomic mass is 9.87. The molecule has 0 amide bonds. The minimum atomic E-state index is -3.60. The number of sulfonamides is 1. The number of nitrogens with one attached hydrogen (secondary N) is 1. The van der Waals surface area contributed by atoms with Crippen molar-refractivity contribution in [2.24, 2.45) is 5.92 Å². The zero-order valence-electron chi connectivity index (χ0n) is 11.6. The Labute approximate surface area is 130 Å². The maximum atomic E-state index is 12.5. The molecule has 1 aromatic rings. The van der Waals surface area contributed by atoms with Crippen LogP contribution in [0.5, 0.6) is 0 Å². The van der Waals surface area contributed by atoms with Crippen molar-refractivity contribution >= 4 is 33.2 Å². The molecule has 1 aromatic carbocycles. The van der Waals surface area contributed by atoms with Crippen molar-refractivity contribution in [3.63, 3.8) is 0 Å². The first-order valence-corrected chi connectivity index (χ1v) is 9.04. The van der Waals surface area contributed by atoms with E-state index in [4.69, 9.17) is 23.2 Å². The number of hydrogen-bond donors (Lipinski definition) is 1. The van der Waals surface area contributed by atoms with Crippen molar-refractivity contribution < 1.29 is 8.42 Å². The van der Waals surface area contributed by atoms with Crippen LogP contribution in [0, 0.1) is 12.8 Å². The molecular formula is C14H19Cl2NO2S. The van der Waals surface area contributed by atoms with Crippen LogP contribution in [-0.4, -0.2) is 14.5 Å². The van der Waals surface area contributed by atoms with Crippen molar-refractivity contribution in [2.75, 3.05) is 0 Å². The van der Waals surface area contributed by atoms with Gasteiger partial charge >= 0.3 is 0 Å². The molecule has 1 aliphatic rings. The number of halogens is 2. The van der Waals surface area contributed by atoms with Crippen LogP contribution >= 0.6 is 23.2 Å². The van der Waals surface area contributed by atoms with Gasteiger partial charge in [0.25, 0.3) is 0 Å². The lowest BCUT2D eigenvalue weighted by molar-refractivity contribution is 0.310. The van der Waals surface area contributed by atoms with E-state index in [2.05, 4.69) is 11.6 Å². The Hall–Kier alpha value is -0.290. The van der Waals surface area contributed by atoms with Gasteiger partial charge in [-0.3, -0.25) is 0 Å². The minimum absolute atomic E-state index is 0.0131. The second kappa shape index (κ2) is 6.22. The molecule has 0 unspecified atom stereocenters. The molecule has 1 saturated carbocycles. The summed E-state index contributed by atoms with van der Waals surface area (Å²) >= 11 is 12.1. The first kappa shape index (κ1) is 16.1. The summed E-state index contributed by atoms with van der Waals surface area (Å²) in [5.74, 6) is 0.352. The lowest BCUT2D eigenvalue weighted by Crippen LogP contribution is -2.41. The van der Waals surface area contributed by atoms with E-state index in [-0.39, 0.29) is 16.0 Å². The van der Waals surface area contributed by atoms with Gasteiger partial charge in [-0.1, -0.05) is 43.0 Å². The lowest BCUT2D eigenvalue weighted by Gasteiger charge is -2.29. The van der Waals surface area contributed by atoms with Crippen molar-refractivity contribution in [2.45, 2.75) is 50.5 Å². The van der Waals surface area contributed by atoms with Gasteiger partial charge in [0.2, 0.25) is 10.0 Å². The van der Waals surface area contributed by atoms with Gasteiger partial charge in [0.1, 0.15) is 4.90 Å². The first-order chi connectivity index (χ1) is 9.33. The Morgan fingerprint density at radius 3 is 2.50 bits per heavy atom. The molecule has 1 N–H and O–H groups in total. The fourth-order valence-corrected chi connectivity index (χ4v) is 4.79. The molecule has 20 heavy (non-hydrogen) atoms. The second-order valence-electron chi connectivity index (χ2n) is 5.47. The van der Waals surface area contributed by atoms with Crippen LogP contribution in [0.2, 0.25) is 10.0 Å². The van der Waals surface area contributed by atoms with Gasteiger partial charge in [-0.15, -0.1) is 0 Å². The van der Waals surface area contributed by atoms with Gasteiger partial charge in [0, 0.05) is 11.1 Å². The van der Waals surface area contributed by atoms with E-state index >= 15 is 0 Å². The summed E-state index contributed by atoms with van der Waals surface area (Å²) < 4.78 is 27.8. The van der Waals surface area contributed by atoms with Crippen LogP contribution in [0.15, 0.2) is 17.0 Å². The summed E-state index contributed by atoms with van der Waals surface area (Å²) in [6, 6.07) is 3.02. The van der Waals surface area contributed by atoms with Gasteiger partial charge in [-0.2, -0.15) is 0 Å². The molecule has 2 rings (SSSR count). The average Bonchev–Trinajstić information content (AvgIpc) is 2.38. The van der Waals surface area contributed by atoms with Gasteiger partial charge in [-0.25, -0.2) is 13.1 Å². The normalized spacial score (nSPS) is 23.8. The Balaban J connectivity index is 2.29. The largest absolute Gasteiger partial charge is 0.242 e. The fraction of sp³-hybridized carbons (Fsp3) is 0.571. The van der Waals surface area contributed by atoms with Crippen LogP contribution in [0.25, 0.3) is 0 Å². The molecule has 0 aromatic heterocycles. The Bertz CT molecular complexity index is 601. The molecule has 0 saturated heterocycles. The minimum Gasteiger partial charge on any atom is -0.208 e. The molecule has 3 nitrogen and oxygen atoms in total. The SMILES string of the molecule is Cc1c(Cl)ccc(S(=O)(=O)N[C@@H]2CCCC[C@H]2C)c1Cl. The van der Waals surface area contributed by atoms with E-state index in [1.165, 1.54) is 12.5 Å². The number of hydrogen-bond acceptors (Lipinski definition) is 2. The van der Waals surface area contributed by atoms with Gasteiger partial charge < -0.3 is 0 Å². The van der Waals surface area contributed by atoms with E-state index < -0.39 is 10.0 Å². The number of benzene rings is 1.